The molecule has 116 valence electrons. The van der Waals surface area contributed by atoms with E-state index in [1.165, 1.54) is 0 Å². The minimum absolute atomic E-state index is 0.0407. The van der Waals surface area contributed by atoms with E-state index in [9.17, 15) is 4.39 Å². The highest BCUT2D eigenvalue weighted by atomic mass is 35.5. The van der Waals surface area contributed by atoms with Gasteiger partial charge in [0, 0.05) is 18.5 Å². The molecule has 0 radical (unpaired) electrons. The van der Waals surface area contributed by atoms with Crippen LogP contribution in [0, 0.1) is 12.7 Å². The summed E-state index contributed by atoms with van der Waals surface area (Å²) in [5.41, 5.74) is 0.467. The summed E-state index contributed by atoms with van der Waals surface area (Å²) in [6.45, 7) is 1.65. The van der Waals surface area contributed by atoms with Crippen molar-refractivity contribution in [3.05, 3.63) is 71.3 Å². The van der Waals surface area contributed by atoms with Gasteiger partial charge in [0.05, 0.1) is 0 Å². The molecule has 0 unspecified atom stereocenters. The Morgan fingerprint density at radius 2 is 1.87 bits per heavy atom. The fourth-order valence-electron chi connectivity index (χ4n) is 1.94. The van der Waals surface area contributed by atoms with E-state index in [4.69, 9.17) is 16.3 Å². The summed E-state index contributed by atoms with van der Waals surface area (Å²) in [6, 6.07) is 12.1. The van der Waals surface area contributed by atoms with E-state index in [0.717, 1.165) is 0 Å². The summed E-state index contributed by atoms with van der Waals surface area (Å²) in [5.74, 6) is 1.49. The Balaban J connectivity index is 1.82. The molecule has 4 nitrogen and oxygen atoms in total. The van der Waals surface area contributed by atoms with Gasteiger partial charge in [0.1, 0.15) is 34.0 Å². The highest BCUT2D eigenvalue weighted by Crippen LogP contribution is 2.33. The van der Waals surface area contributed by atoms with E-state index in [2.05, 4.69) is 15.3 Å². The van der Waals surface area contributed by atoms with Gasteiger partial charge >= 0.3 is 0 Å². The molecular formula is C17H13ClFN3O. The molecule has 0 amide bonds. The number of benzene rings is 1. The van der Waals surface area contributed by atoms with Crippen LogP contribution in [-0.2, 0) is 0 Å². The predicted octanol–water partition coefficient (Wildman–Crippen LogP) is 5.11. The molecule has 2 aromatic heterocycles. The first-order valence-electron chi connectivity index (χ1n) is 6.90. The maximum absolute atomic E-state index is 13.8. The predicted molar refractivity (Wildman–Crippen MR) is 88.0 cm³/mol. The number of anilines is 2. The van der Waals surface area contributed by atoms with Crippen molar-refractivity contribution in [1.29, 1.82) is 0 Å². The van der Waals surface area contributed by atoms with Gasteiger partial charge in [0.2, 0.25) is 0 Å². The van der Waals surface area contributed by atoms with Crippen molar-refractivity contribution in [3.8, 4) is 11.5 Å². The van der Waals surface area contributed by atoms with Crippen LogP contribution in [0.4, 0.5) is 16.0 Å². The first kappa shape index (κ1) is 15.2. The quantitative estimate of drug-likeness (QED) is 0.722. The van der Waals surface area contributed by atoms with Crippen molar-refractivity contribution >= 4 is 23.2 Å². The molecule has 0 bridgehead atoms. The van der Waals surface area contributed by atoms with E-state index in [1.54, 1.807) is 43.6 Å². The Bertz CT molecular complexity index is 827. The topological polar surface area (TPSA) is 47.0 Å². The van der Waals surface area contributed by atoms with Crippen molar-refractivity contribution in [1.82, 2.24) is 9.97 Å². The second-order valence-corrected chi connectivity index (χ2v) is 5.21. The van der Waals surface area contributed by atoms with Crippen LogP contribution in [0.5, 0.6) is 11.5 Å². The number of halogens is 2. The van der Waals surface area contributed by atoms with Crippen LogP contribution < -0.4 is 10.1 Å². The number of ether oxygens (including phenoxy) is 1. The number of aryl methyl sites for hydroxylation is 1. The van der Waals surface area contributed by atoms with E-state index in [-0.39, 0.29) is 10.8 Å². The minimum atomic E-state index is -0.481. The first-order valence-corrected chi connectivity index (χ1v) is 7.28. The van der Waals surface area contributed by atoms with Gasteiger partial charge in [-0.3, -0.25) is 0 Å². The smallest absolute Gasteiger partial charge is 0.149 e. The Morgan fingerprint density at radius 1 is 1.04 bits per heavy atom. The number of nitrogens with one attached hydrogen (secondary N) is 1. The molecule has 3 aromatic rings. The lowest BCUT2D eigenvalue weighted by atomic mass is 10.2. The molecule has 0 aliphatic rings. The van der Waals surface area contributed by atoms with Gasteiger partial charge in [-0.25, -0.2) is 14.4 Å². The summed E-state index contributed by atoms with van der Waals surface area (Å²) < 4.78 is 19.5. The van der Waals surface area contributed by atoms with Crippen LogP contribution >= 0.6 is 11.6 Å². The molecule has 0 saturated heterocycles. The lowest BCUT2D eigenvalue weighted by molar-refractivity contribution is 0.476. The van der Waals surface area contributed by atoms with Crippen molar-refractivity contribution in [2.45, 2.75) is 6.92 Å². The second kappa shape index (κ2) is 6.62. The third-order valence-electron chi connectivity index (χ3n) is 3.12. The maximum Gasteiger partial charge on any atom is 0.149 e. The molecule has 23 heavy (non-hydrogen) atoms. The van der Waals surface area contributed by atoms with Gasteiger partial charge in [-0.1, -0.05) is 23.7 Å². The summed E-state index contributed by atoms with van der Waals surface area (Å²) in [7, 11) is 0. The van der Waals surface area contributed by atoms with Crippen LogP contribution in [0.15, 0.2) is 54.9 Å². The zero-order chi connectivity index (χ0) is 16.2. The van der Waals surface area contributed by atoms with Crippen LogP contribution in [0.3, 0.4) is 0 Å². The van der Waals surface area contributed by atoms with E-state index >= 15 is 0 Å². The van der Waals surface area contributed by atoms with Gasteiger partial charge in [-0.05, 0) is 36.8 Å². The number of hydrogen-bond donors (Lipinski definition) is 1. The normalized spacial score (nSPS) is 10.4. The summed E-state index contributed by atoms with van der Waals surface area (Å²) >= 11 is 5.98. The number of pyridine rings is 2. The molecule has 0 spiro atoms. The van der Waals surface area contributed by atoms with E-state index in [1.807, 2.05) is 18.2 Å². The fourth-order valence-corrected chi connectivity index (χ4v) is 2.20. The van der Waals surface area contributed by atoms with Crippen LogP contribution in [-0.4, -0.2) is 9.97 Å². The van der Waals surface area contributed by atoms with Crippen molar-refractivity contribution in [2.24, 2.45) is 0 Å². The van der Waals surface area contributed by atoms with Gasteiger partial charge < -0.3 is 10.1 Å². The first-order chi connectivity index (χ1) is 11.1. The molecule has 1 N–H and O–H groups in total. The number of hydrogen-bond acceptors (Lipinski definition) is 4. The Labute approximate surface area is 137 Å². The zero-order valence-corrected chi connectivity index (χ0v) is 13.0. The molecule has 6 heteroatoms. The summed E-state index contributed by atoms with van der Waals surface area (Å²) in [5, 5.41) is 3.02. The monoisotopic (exact) mass is 329 g/mol. The Morgan fingerprint density at radius 3 is 2.65 bits per heavy atom. The standard InChI is InChI=1S/C17H13ClFN3O/c1-11-5-6-13(16(18)17(11)19)23-12-7-9-21-15(10-12)22-14-4-2-3-8-20-14/h2-10H,1H3,(H,20,21,22). The van der Waals surface area contributed by atoms with Gasteiger partial charge in [0.15, 0.2) is 0 Å². The summed E-state index contributed by atoms with van der Waals surface area (Å²) in [6.07, 6.45) is 3.26. The molecule has 0 saturated carbocycles. The molecular weight excluding hydrogens is 317 g/mol. The molecule has 0 aliphatic carbocycles. The van der Waals surface area contributed by atoms with Crippen LogP contribution in [0.1, 0.15) is 5.56 Å². The lowest BCUT2D eigenvalue weighted by Crippen LogP contribution is -1.96. The maximum atomic E-state index is 13.8. The van der Waals surface area contributed by atoms with Crippen molar-refractivity contribution in [2.75, 3.05) is 5.32 Å². The van der Waals surface area contributed by atoms with E-state index in [0.29, 0.717) is 22.9 Å². The Kier molecular flexibility index (Phi) is 4.39. The molecule has 0 aliphatic heterocycles. The third kappa shape index (κ3) is 3.57. The molecule has 0 fully saturated rings. The van der Waals surface area contributed by atoms with Gasteiger partial charge in [-0.2, -0.15) is 0 Å². The van der Waals surface area contributed by atoms with Gasteiger partial charge in [-0.15, -0.1) is 0 Å². The number of nitrogens with zero attached hydrogens (tertiary/aromatic N) is 2. The van der Waals surface area contributed by atoms with Crippen molar-refractivity contribution < 1.29 is 9.13 Å². The molecule has 0 atom stereocenters. The number of rotatable bonds is 4. The van der Waals surface area contributed by atoms with Gasteiger partial charge in [0.25, 0.3) is 0 Å². The average molecular weight is 330 g/mol. The van der Waals surface area contributed by atoms with Crippen LogP contribution in [0.25, 0.3) is 0 Å². The average Bonchev–Trinajstić information content (AvgIpc) is 2.57. The largest absolute Gasteiger partial charge is 0.455 e. The second-order valence-electron chi connectivity index (χ2n) is 4.83. The molecule has 3 rings (SSSR count). The SMILES string of the molecule is Cc1ccc(Oc2ccnc(Nc3ccccn3)c2)c(Cl)c1F. The number of aromatic nitrogens is 2. The lowest BCUT2D eigenvalue weighted by Gasteiger charge is -2.10. The molecule has 2 heterocycles. The highest BCUT2D eigenvalue weighted by Gasteiger charge is 2.11. The third-order valence-corrected chi connectivity index (χ3v) is 3.47. The summed E-state index contributed by atoms with van der Waals surface area (Å²) in [4.78, 5) is 8.35. The van der Waals surface area contributed by atoms with Crippen molar-refractivity contribution in [3.63, 3.8) is 0 Å². The minimum Gasteiger partial charge on any atom is -0.455 e. The Hall–Kier alpha value is -2.66. The fraction of sp³-hybridized carbons (Fsp3) is 0.0588. The van der Waals surface area contributed by atoms with E-state index < -0.39 is 5.82 Å². The zero-order valence-electron chi connectivity index (χ0n) is 12.3. The highest BCUT2D eigenvalue weighted by molar-refractivity contribution is 6.32. The van der Waals surface area contributed by atoms with Crippen LogP contribution in [0.2, 0.25) is 5.02 Å². The molecule has 1 aromatic carbocycles.